The lowest BCUT2D eigenvalue weighted by molar-refractivity contribution is 0.360. The molecule has 1 fully saturated rings. The van der Waals surface area contributed by atoms with Crippen LogP contribution in [-0.2, 0) is 6.42 Å². The molecule has 3 N–H and O–H groups in total. The molecule has 4 nitrogen and oxygen atoms in total. The van der Waals surface area contributed by atoms with E-state index in [-0.39, 0.29) is 6.04 Å². The van der Waals surface area contributed by atoms with E-state index in [0.717, 1.165) is 31.2 Å². The van der Waals surface area contributed by atoms with E-state index in [1.165, 1.54) is 12.8 Å². The van der Waals surface area contributed by atoms with Gasteiger partial charge in [-0.15, -0.1) is 0 Å². The van der Waals surface area contributed by atoms with E-state index in [0.29, 0.717) is 5.92 Å². The lowest BCUT2D eigenvalue weighted by Gasteiger charge is -2.19. The summed E-state index contributed by atoms with van der Waals surface area (Å²) >= 11 is 0. The summed E-state index contributed by atoms with van der Waals surface area (Å²) in [6, 6.07) is 0.135. The highest BCUT2D eigenvalue weighted by atomic mass is 16.4. The average Bonchev–Trinajstić information content (AvgIpc) is 2.67. The lowest BCUT2D eigenvalue weighted by atomic mass is 10.00. The van der Waals surface area contributed by atoms with Crippen molar-refractivity contribution in [3.05, 3.63) is 17.8 Å². The van der Waals surface area contributed by atoms with Gasteiger partial charge in [-0.2, -0.15) is 0 Å². The zero-order chi connectivity index (χ0) is 10.7. The second-order valence-corrected chi connectivity index (χ2v) is 4.39. The third kappa shape index (κ3) is 2.79. The molecule has 0 amide bonds. The SMILES string of the molecule is CC(N)Cc1cnc(C2CCCNC2)o1. The average molecular weight is 209 g/mol. The first-order valence-electron chi connectivity index (χ1n) is 5.66. The quantitative estimate of drug-likeness (QED) is 0.780. The highest BCUT2D eigenvalue weighted by Crippen LogP contribution is 2.22. The monoisotopic (exact) mass is 209 g/mol. The molecule has 1 aromatic heterocycles. The van der Waals surface area contributed by atoms with E-state index >= 15 is 0 Å². The van der Waals surface area contributed by atoms with Crippen molar-refractivity contribution in [3.63, 3.8) is 0 Å². The Kier molecular flexibility index (Phi) is 3.38. The highest BCUT2D eigenvalue weighted by Gasteiger charge is 2.20. The Morgan fingerprint density at radius 3 is 3.27 bits per heavy atom. The van der Waals surface area contributed by atoms with Crippen LogP contribution >= 0.6 is 0 Å². The fourth-order valence-corrected chi connectivity index (χ4v) is 1.99. The molecule has 0 aromatic carbocycles. The molecule has 2 atom stereocenters. The first-order valence-corrected chi connectivity index (χ1v) is 5.66. The Labute approximate surface area is 90.2 Å². The van der Waals surface area contributed by atoms with Crippen LogP contribution < -0.4 is 11.1 Å². The third-order valence-electron chi connectivity index (χ3n) is 2.74. The van der Waals surface area contributed by atoms with Crippen LogP contribution in [-0.4, -0.2) is 24.1 Å². The van der Waals surface area contributed by atoms with Crippen molar-refractivity contribution in [3.8, 4) is 0 Å². The van der Waals surface area contributed by atoms with Gasteiger partial charge < -0.3 is 15.5 Å². The lowest BCUT2D eigenvalue weighted by Crippen LogP contribution is -2.28. The van der Waals surface area contributed by atoms with Crippen molar-refractivity contribution in [2.75, 3.05) is 13.1 Å². The van der Waals surface area contributed by atoms with E-state index < -0.39 is 0 Å². The summed E-state index contributed by atoms with van der Waals surface area (Å²) in [5.41, 5.74) is 5.71. The van der Waals surface area contributed by atoms with Gasteiger partial charge in [0.25, 0.3) is 0 Å². The Hall–Kier alpha value is -0.870. The molecule has 15 heavy (non-hydrogen) atoms. The van der Waals surface area contributed by atoms with Crippen molar-refractivity contribution in [1.82, 2.24) is 10.3 Å². The molecule has 0 radical (unpaired) electrons. The van der Waals surface area contributed by atoms with Crippen LogP contribution in [0.1, 0.15) is 37.3 Å². The molecule has 1 aromatic rings. The Morgan fingerprint density at radius 1 is 1.73 bits per heavy atom. The van der Waals surface area contributed by atoms with Crippen molar-refractivity contribution in [2.45, 2.75) is 38.1 Å². The van der Waals surface area contributed by atoms with E-state index in [1.807, 2.05) is 13.1 Å². The van der Waals surface area contributed by atoms with Crippen molar-refractivity contribution in [1.29, 1.82) is 0 Å². The van der Waals surface area contributed by atoms with Gasteiger partial charge in [0.05, 0.1) is 6.20 Å². The van der Waals surface area contributed by atoms with Crippen molar-refractivity contribution in [2.24, 2.45) is 5.73 Å². The Morgan fingerprint density at radius 2 is 2.60 bits per heavy atom. The maximum absolute atomic E-state index is 5.71. The maximum Gasteiger partial charge on any atom is 0.198 e. The predicted molar refractivity (Wildman–Crippen MR) is 58.7 cm³/mol. The van der Waals surface area contributed by atoms with Crippen molar-refractivity contribution >= 4 is 0 Å². The molecule has 2 rings (SSSR count). The minimum absolute atomic E-state index is 0.135. The zero-order valence-electron chi connectivity index (χ0n) is 9.20. The Bertz CT molecular complexity index is 303. The van der Waals surface area contributed by atoms with E-state index in [2.05, 4.69) is 10.3 Å². The molecule has 2 unspecified atom stereocenters. The normalized spacial score (nSPS) is 24.0. The van der Waals surface area contributed by atoms with Crippen molar-refractivity contribution < 1.29 is 4.42 Å². The molecule has 4 heteroatoms. The predicted octanol–water partition coefficient (Wildman–Crippen LogP) is 1.03. The molecule has 1 saturated heterocycles. The van der Waals surface area contributed by atoms with Crippen LogP contribution in [0.25, 0.3) is 0 Å². The highest BCUT2D eigenvalue weighted by molar-refractivity contribution is 5.02. The topological polar surface area (TPSA) is 64.1 Å². The van der Waals surface area contributed by atoms with Gasteiger partial charge in [-0.1, -0.05) is 0 Å². The molecular weight excluding hydrogens is 190 g/mol. The van der Waals surface area contributed by atoms with E-state index in [4.69, 9.17) is 10.2 Å². The summed E-state index contributed by atoms with van der Waals surface area (Å²) in [7, 11) is 0. The number of oxazole rings is 1. The van der Waals surface area contributed by atoms with Gasteiger partial charge in [-0.25, -0.2) is 4.98 Å². The molecule has 0 bridgehead atoms. The summed E-state index contributed by atoms with van der Waals surface area (Å²) in [5.74, 6) is 2.23. The summed E-state index contributed by atoms with van der Waals surface area (Å²) in [6.07, 6.45) is 4.96. The molecule has 0 spiro atoms. The summed E-state index contributed by atoms with van der Waals surface area (Å²) in [4.78, 5) is 4.33. The van der Waals surface area contributed by atoms with Gasteiger partial charge in [-0.05, 0) is 26.3 Å². The van der Waals surface area contributed by atoms with Crippen LogP contribution in [0, 0.1) is 0 Å². The van der Waals surface area contributed by atoms with Gasteiger partial charge >= 0.3 is 0 Å². The van der Waals surface area contributed by atoms with E-state index in [1.54, 1.807) is 0 Å². The van der Waals surface area contributed by atoms with E-state index in [9.17, 15) is 0 Å². The molecule has 84 valence electrons. The van der Waals surface area contributed by atoms with Crippen LogP contribution in [0.5, 0.6) is 0 Å². The van der Waals surface area contributed by atoms with Gasteiger partial charge in [0.1, 0.15) is 5.76 Å². The zero-order valence-corrected chi connectivity index (χ0v) is 9.20. The molecule has 1 aliphatic rings. The van der Waals surface area contributed by atoms with Gasteiger partial charge in [0.15, 0.2) is 5.89 Å². The maximum atomic E-state index is 5.71. The standard InChI is InChI=1S/C11H19N3O/c1-8(12)5-10-7-14-11(15-10)9-3-2-4-13-6-9/h7-9,13H,2-6,12H2,1H3. The molecule has 1 aliphatic heterocycles. The fourth-order valence-electron chi connectivity index (χ4n) is 1.99. The van der Waals surface area contributed by atoms with Crippen LogP contribution in [0.4, 0.5) is 0 Å². The number of nitrogens with zero attached hydrogens (tertiary/aromatic N) is 1. The number of aromatic nitrogens is 1. The summed E-state index contributed by atoms with van der Waals surface area (Å²) in [5, 5.41) is 3.36. The Balaban J connectivity index is 1.99. The third-order valence-corrected chi connectivity index (χ3v) is 2.74. The number of piperidine rings is 1. The summed E-state index contributed by atoms with van der Waals surface area (Å²) < 4.78 is 5.70. The molecular formula is C11H19N3O. The number of rotatable bonds is 3. The summed E-state index contributed by atoms with van der Waals surface area (Å²) in [6.45, 7) is 4.08. The number of nitrogens with two attached hydrogens (primary N) is 1. The van der Waals surface area contributed by atoms with Crippen LogP contribution in [0.2, 0.25) is 0 Å². The fraction of sp³-hybridized carbons (Fsp3) is 0.727. The minimum Gasteiger partial charge on any atom is -0.445 e. The van der Waals surface area contributed by atoms with Gasteiger partial charge in [0, 0.05) is 24.9 Å². The smallest absolute Gasteiger partial charge is 0.198 e. The first-order chi connectivity index (χ1) is 7.25. The minimum atomic E-state index is 0.135. The number of hydrogen-bond acceptors (Lipinski definition) is 4. The van der Waals surface area contributed by atoms with Gasteiger partial charge in [-0.3, -0.25) is 0 Å². The second-order valence-electron chi connectivity index (χ2n) is 4.39. The second kappa shape index (κ2) is 4.77. The molecule has 0 saturated carbocycles. The molecule has 2 heterocycles. The number of hydrogen-bond donors (Lipinski definition) is 2. The van der Waals surface area contributed by atoms with Crippen LogP contribution in [0.15, 0.2) is 10.6 Å². The van der Waals surface area contributed by atoms with Crippen LogP contribution in [0.3, 0.4) is 0 Å². The van der Waals surface area contributed by atoms with Gasteiger partial charge in [0.2, 0.25) is 0 Å². The first kappa shape index (κ1) is 10.6. The number of nitrogens with one attached hydrogen (secondary N) is 1. The largest absolute Gasteiger partial charge is 0.445 e. The molecule has 0 aliphatic carbocycles.